The Bertz CT molecular complexity index is 531. The Morgan fingerprint density at radius 2 is 1.79 bits per heavy atom. The van der Waals surface area contributed by atoms with Crippen LogP contribution in [0.15, 0.2) is 24.3 Å². The molecule has 1 amide bonds. The van der Waals surface area contributed by atoms with Crippen molar-refractivity contribution in [2.24, 2.45) is 5.92 Å². The van der Waals surface area contributed by atoms with Crippen molar-refractivity contribution in [2.75, 3.05) is 18.5 Å². The number of hydrogen-bond donors (Lipinski definition) is 1. The second-order valence-corrected chi connectivity index (χ2v) is 8.97. The Morgan fingerprint density at radius 1 is 1.21 bits per heavy atom. The average molecular weight is 444 g/mol. The third kappa shape index (κ3) is 6.49. The first kappa shape index (κ1) is 19.3. The van der Waals surface area contributed by atoms with E-state index in [-0.39, 0.29) is 12.1 Å². The molecule has 0 saturated heterocycles. The van der Waals surface area contributed by atoms with Gasteiger partial charge in [-0.15, -0.1) is 0 Å². The Hall–Kier alpha value is -0.980. The second kappa shape index (κ2) is 8.41. The lowest BCUT2D eigenvalue weighted by Crippen LogP contribution is -2.41. The lowest BCUT2D eigenvalue weighted by Gasteiger charge is -2.32. The first-order valence-corrected chi connectivity index (χ1v) is 9.77. The highest BCUT2D eigenvalue weighted by Gasteiger charge is 2.25. The van der Waals surface area contributed by atoms with Crippen molar-refractivity contribution in [3.8, 4) is 0 Å². The van der Waals surface area contributed by atoms with Gasteiger partial charge in [0.25, 0.3) is 0 Å². The zero-order valence-corrected chi connectivity index (χ0v) is 17.3. The number of ether oxygens (including phenoxy) is 1. The van der Waals surface area contributed by atoms with Crippen LogP contribution in [-0.4, -0.2) is 31.3 Å². The molecule has 1 N–H and O–H groups in total. The van der Waals surface area contributed by atoms with E-state index in [1.54, 1.807) is 0 Å². The molecule has 1 fully saturated rings. The molecule has 1 saturated carbocycles. The standard InChI is InChI=1S/C19H29IN2O2/c1-19(2,3)24-18(23)21-16-9-5-14(6-10-16)13-22(4)17-11-7-15(20)8-12-17/h7-8,11-12,14,16H,5-6,9-10,13H2,1-4H3,(H,21,23). The molecule has 0 radical (unpaired) electrons. The summed E-state index contributed by atoms with van der Waals surface area (Å²) in [6.45, 7) is 6.75. The maximum Gasteiger partial charge on any atom is 0.407 e. The quantitative estimate of drug-likeness (QED) is 0.678. The van der Waals surface area contributed by atoms with Crippen LogP contribution in [0.3, 0.4) is 0 Å². The first-order chi connectivity index (χ1) is 11.2. The molecule has 4 nitrogen and oxygen atoms in total. The maximum atomic E-state index is 11.9. The maximum absolute atomic E-state index is 11.9. The number of carbonyl (C=O) groups excluding carboxylic acids is 1. The van der Waals surface area contributed by atoms with Crippen molar-refractivity contribution in [1.82, 2.24) is 5.32 Å². The molecular formula is C19H29IN2O2. The topological polar surface area (TPSA) is 41.6 Å². The molecule has 0 bridgehead atoms. The van der Waals surface area contributed by atoms with E-state index in [0.29, 0.717) is 5.92 Å². The number of hydrogen-bond acceptors (Lipinski definition) is 3. The van der Waals surface area contributed by atoms with Crippen molar-refractivity contribution in [3.63, 3.8) is 0 Å². The molecule has 0 unspecified atom stereocenters. The van der Waals surface area contributed by atoms with Crippen molar-refractivity contribution >= 4 is 34.4 Å². The van der Waals surface area contributed by atoms with Gasteiger partial charge in [-0.1, -0.05) is 0 Å². The van der Waals surface area contributed by atoms with Gasteiger partial charge in [0.2, 0.25) is 0 Å². The highest BCUT2D eigenvalue weighted by molar-refractivity contribution is 14.1. The third-order valence-corrected chi connectivity index (χ3v) is 5.09. The van der Waals surface area contributed by atoms with Crippen molar-refractivity contribution in [1.29, 1.82) is 0 Å². The van der Waals surface area contributed by atoms with E-state index in [0.717, 1.165) is 32.2 Å². The highest BCUT2D eigenvalue weighted by atomic mass is 127. The smallest absolute Gasteiger partial charge is 0.407 e. The van der Waals surface area contributed by atoms with Crippen LogP contribution in [0.25, 0.3) is 0 Å². The average Bonchev–Trinajstić information content (AvgIpc) is 2.48. The van der Waals surface area contributed by atoms with Crippen LogP contribution in [0.4, 0.5) is 10.5 Å². The van der Waals surface area contributed by atoms with Gasteiger partial charge in [0.1, 0.15) is 5.60 Å². The minimum Gasteiger partial charge on any atom is -0.444 e. The van der Waals surface area contributed by atoms with Crippen LogP contribution >= 0.6 is 22.6 Å². The largest absolute Gasteiger partial charge is 0.444 e. The normalized spacial score (nSPS) is 21.2. The Kier molecular flexibility index (Phi) is 6.78. The zero-order chi connectivity index (χ0) is 17.7. The molecule has 2 rings (SSSR count). The molecule has 24 heavy (non-hydrogen) atoms. The van der Waals surface area contributed by atoms with Gasteiger partial charge in [-0.25, -0.2) is 4.79 Å². The molecule has 1 aromatic carbocycles. The van der Waals surface area contributed by atoms with Crippen LogP contribution in [0.5, 0.6) is 0 Å². The van der Waals surface area contributed by atoms with Gasteiger partial charge < -0.3 is 15.0 Å². The van der Waals surface area contributed by atoms with Crippen molar-refractivity contribution in [2.45, 2.75) is 58.1 Å². The molecule has 134 valence electrons. The van der Waals surface area contributed by atoms with E-state index in [1.807, 2.05) is 20.8 Å². The van der Waals surface area contributed by atoms with E-state index in [1.165, 1.54) is 9.26 Å². The predicted molar refractivity (Wildman–Crippen MR) is 108 cm³/mol. The fraction of sp³-hybridized carbons (Fsp3) is 0.632. The lowest BCUT2D eigenvalue weighted by molar-refractivity contribution is 0.0488. The van der Waals surface area contributed by atoms with Gasteiger partial charge in [-0.05, 0) is 99.2 Å². The van der Waals surface area contributed by atoms with Crippen LogP contribution in [0.2, 0.25) is 0 Å². The number of anilines is 1. The molecule has 0 heterocycles. The van der Waals surface area contributed by atoms with Gasteiger partial charge in [0.15, 0.2) is 0 Å². The molecule has 0 aliphatic heterocycles. The van der Waals surface area contributed by atoms with Crippen LogP contribution < -0.4 is 10.2 Å². The number of benzene rings is 1. The summed E-state index contributed by atoms with van der Waals surface area (Å²) in [4.78, 5) is 14.2. The molecule has 0 aromatic heterocycles. The number of nitrogens with zero attached hydrogens (tertiary/aromatic N) is 1. The second-order valence-electron chi connectivity index (χ2n) is 7.72. The van der Waals surface area contributed by atoms with Crippen LogP contribution in [0, 0.1) is 9.49 Å². The van der Waals surface area contributed by atoms with Crippen molar-refractivity contribution < 1.29 is 9.53 Å². The van der Waals surface area contributed by atoms with Crippen LogP contribution in [0.1, 0.15) is 46.5 Å². The van der Waals surface area contributed by atoms with Gasteiger partial charge >= 0.3 is 6.09 Å². The lowest BCUT2D eigenvalue weighted by atomic mass is 9.85. The summed E-state index contributed by atoms with van der Waals surface area (Å²) < 4.78 is 6.60. The number of alkyl carbamates (subject to hydrolysis) is 1. The van der Waals surface area contributed by atoms with E-state index in [2.05, 4.69) is 64.1 Å². The van der Waals surface area contributed by atoms with Crippen LogP contribution in [-0.2, 0) is 4.74 Å². The number of amides is 1. The van der Waals surface area contributed by atoms with Gasteiger partial charge in [-0.2, -0.15) is 0 Å². The van der Waals surface area contributed by atoms with E-state index >= 15 is 0 Å². The highest BCUT2D eigenvalue weighted by Crippen LogP contribution is 2.27. The molecule has 0 spiro atoms. The minimum absolute atomic E-state index is 0.250. The molecule has 5 heteroatoms. The summed E-state index contributed by atoms with van der Waals surface area (Å²) in [7, 11) is 2.16. The van der Waals surface area contributed by atoms with Gasteiger partial charge in [0.05, 0.1) is 0 Å². The third-order valence-electron chi connectivity index (χ3n) is 4.37. The molecule has 1 aliphatic carbocycles. The summed E-state index contributed by atoms with van der Waals surface area (Å²) in [6.07, 6.45) is 4.07. The summed E-state index contributed by atoms with van der Waals surface area (Å²) in [5.74, 6) is 0.686. The van der Waals surface area contributed by atoms with E-state index in [4.69, 9.17) is 4.74 Å². The molecular weight excluding hydrogens is 415 g/mol. The fourth-order valence-corrected chi connectivity index (χ4v) is 3.51. The van der Waals surface area contributed by atoms with E-state index < -0.39 is 5.60 Å². The number of halogens is 1. The van der Waals surface area contributed by atoms with Crippen molar-refractivity contribution in [3.05, 3.63) is 27.8 Å². The number of rotatable bonds is 4. The van der Waals surface area contributed by atoms with Gasteiger partial charge in [-0.3, -0.25) is 0 Å². The zero-order valence-electron chi connectivity index (χ0n) is 15.1. The number of nitrogens with one attached hydrogen (secondary N) is 1. The summed E-state index contributed by atoms with van der Waals surface area (Å²) >= 11 is 2.33. The molecule has 1 aromatic rings. The summed E-state index contributed by atoms with van der Waals surface area (Å²) in [5, 5.41) is 3.01. The Morgan fingerprint density at radius 3 is 2.33 bits per heavy atom. The summed E-state index contributed by atoms with van der Waals surface area (Å²) in [5.41, 5.74) is 0.835. The monoisotopic (exact) mass is 444 g/mol. The number of carbonyl (C=O) groups is 1. The Labute approximate surface area is 159 Å². The molecule has 0 atom stereocenters. The fourth-order valence-electron chi connectivity index (χ4n) is 3.15. The minimum atomic E-state index is -0.433. The molecule has 1 aliphatic rings. The van der Waals surface area contributed by atoms with Gasteiger partial charge in [0, 0.05) is 28.9 Å². The Balaban J connectivity index is 1.74. The summed E-state index contributed by atoms with van der Waals surface area (Å²) in [6, 6.07) is 8.90. The predicted octanol–water partition coefficient (Wildman–Crippen LogP) is 4.81. The SMILES string of the molecule is CN(CC1CCC(NC(=O)OC(C)(C)C)CC1)c1ccc(I)cc1. The first-order valence-electron chi connectivity index (χ1n) is 8.69. The van der Waals surface area contributed by atoms with E-state index in [9.17, 15) is 4.79 Å².